The molecule has 0 spiro atoms. The van der Waals surface area contributed by atoms with Crippen LogP contribution in [-0.4, -0.2) is 0 Å². The van der Waals surface area contributed by atoms with Crippen molar-refractivity contribution in [1.82, 2.24) is 0 Å². The third-order valence-electron chi connectivity index (χ3n) is 2.70. The van der Waals surface area contributed by atoms with Crippen LogP contribution in [0.25, 0.3) is 0 Å². The number of alkyl halides is 2. The van der Waals surface area contributed by atoms with E-state index in [2.05, 4.69) is 44.0 Å². The molecule has 70 valence electrons. The van der Waals surface area contributed by atoms with Crippen LogP contribution in [0.3, 0.4) is 0 Å². The van der Waals surface area contributed by atoms with Crippen molar-refractivity contribution in [3.63, 3.8) is 0 Å². The van der Waals surface area contributed by atoms with Gasteiger partial charge in [0.25, 0.3) is 0 Å². The van der Waals surface area contributed by atoms with Crippen LogP contribution in [0.15, 0.2) is 12.1 Å². The number of halogens is 2. The molecular weight excluding hydrogens is 292 g/mol. The van der Waals surface area contributed by atoms with Gasteiger partial charge in [0, 0.05) is 10.7 Å². The van der Waals surface area contributed by atoms with Crippen LogP contribution >= 0.6 is 31.9 Å². The molecule has 2 rings (SSSR count). The quantitative estimate of drug-likeness (QED) is 0.725. The third kappa shape index (κ3) is 1.84. The van der Waals surface area contributed by atoms with E-state index < -0.39 is 0 Å². The molecule has 0 aromatic heterocycles. The maximum absolute atomic E-state index is 3.54. The summed E-state index contributed by atoms with van der Waals surface area (Å²) in [4.78, 5) is 0. The number of benzene rings is 1. The van der Waals surface area contributed by atoms with E-state index in [-0.39, 0.29) is 0 Å². The summed E-state index contributed by atoms with van der Waals surface area (Å²) < 4.78 is 0. The van der Waals surface area contributed by atoms with Crippen LogP contribution < -0.4 is 0 Å². The van der Waals surface area contributed by atoms with Crippen molar-refractivity contribution in [3.05, 3.63) is 34.4 Å². The van der Waals surface area contributed by atoms with Crippen molar-refractivity contribution in [2.24, 2.45) is 0 Å². The maximum Gasteiger partial charge on any atom is 0.0286 e. The van der Waals surface area contributed by atoms with Gasteiger partial charge in [-0.15, -0.1) is 0 Å². The van der Waals surface area contributed by atoms with Crippen molar-refractivity contribution < 1.29 is 0 Å². The van der Waals surface area contributed by atoms with Crippen LogP contribution in [0, 0.1) is 0 Å². The zero-order valence-corrected chi connectivity index (χ0v) is 10.6. The zero-order valence-electron chi connectivity index (χ0n) is 7.45. The predicted octanol–water partition coefficient (Wildman–Crippen LogP) is 3.97. The summed E-state index contributed by atoms with van der Waals surface area (Å²) in [6.45, 7) is 0. The SMILES string of the molecule is BrCc1cc2c(cc1CBr)CCC2. The van der Waals surface area contributed by atoms with Crippen LogP contribution in [-0.2, 0) is 23.5 Å². The van der Waals surface area contributed by atoms with Gasteiger partial charge in [0.1, 0.15) is 0 Å². The van der Waals surface area contributed by atoms with E-state index in [1.165, 1.54) is 30.4 Å². The molecule has 0 fully saturated rings. The summed E-state index contributed by atoms with van der Waals surface area (Å²) in [6, 6.07) is 4.74. The van der Waals surface area contributed by atoms with E-state index in [1.807, 2.05) is 0 Å². The van der Waals surface area contributed by atoms with Gasteiger partial charge in [-0.3, -0.25) is 0 Å². The number of aryl methyl sites for hydroxylation is 2. The molecule has 0 amide bonds. The lowest BCUT2D eigenvalue weighted by molar-refractivity contribution is 0.911. The fourth-order valence-electron chi connectivity index (χ4n) is 1.97. The molecule has 1 aliphatic rings. The van der Waals surface area contributed by atoms with Gasteiger partial charge in [-0.05, 0) is 41.5 Å². The van der Waals surface area contributed by atoms with Gasteiger partial charge in [-0.2, -0.15) is 0 Å². The Hall–Kier alpha value is 0.180. The van der Waals surface area contributed by atoms with Crippen molar-refractivity contribution in [2.75, 3.05) is 0 Å². The molecule has 0 aliphatic heterocycles. The van der Waals surface area contributed by atoms with E-state index in [4.69, 9.17) is 0 Å². The van der Waals surface area contributed by atoms with Crippen molar-refractivity contribution in [1.29, 1.82) is 0 Å². The van der Waals surface area contributed by atoms with E-state index in [0.717, 1.165) is 10.7 Å². The molecule has 0 saturated carbocycles. The fourth-order valence-corrected chi connectivity index (χ4v) is 3.02. The Bertz CT molecular complexity index is 287. The Kier molecular flexibility index (Phi) is 3.10. The van der Waals surface area contributed by atoms with E-state index in [1.54, 1.807) is 11.1 Å². The summed E-state index contributed by atoms with van der Waals surface area (Å²) in [5.74, 6) is 0. The van der Waals surface area contributed by atoms with Crippen LogP contribution in [0.4, 0.5) is 0 Å². The lowest BCUT2D eigenvalue weighted by atomic mass is 10.0. The zero-order chi connectivity index (χ0) is 9.26. The first-order valence-corrected chi connectivity index (χ1v) is 6.85. The topological polar surface area (TPSA) is 0 Å². The molecular formula is C11H12Br2. The average molecular weight is 304 g/mol. The first-order valence-electron chi connectivity index (χ1n) is 4.60. The highest BCUT2D eigenvalue weighted by atomic mass is 79.9. The van der Waals surface area contributed by atoms with E-state index in [9.17, 15) is 0 Å². The molecule has 2 heteroatoms. The highest BCUT2D eigenvalue weighted by Gasteiger charge is 2.13. The Balaban J connectivity index is 2.47. The van der Waals surface area contributed by atoms with Crippen LogP contribution in [0.1, 0.15) is 28.7 Å². The highest BCUT2D eigenvalue weighted by Crippen LogP contribution is 2.27. The van der Waals surface area contributed by atoms with Gasteiger partial charge in [0.15, 0.2) is 0 Å². The average Bonchev–Trinajstić information content (AvgIpc) is 2.62. The Morgan fingerprint density at radius 3 is 1.77 bits per heavy atom. The van der Waals surface area contributed by atoms with Gasteiger partial charge in [0.05, 0.1) is 0 Å². The summed E-state index contributed by atoms with van der Waals surface area (Å²) in [5.41, 5.74) is 6.02. The normalized spacial score (nSPS) is 14.6. The predicted molar refractivity (Wildman–Crippen MR) is 63.7 cm³/mol. The van der Waals surface area contributed by atoms with Crippen molar-refractivity contribution in [2.45, 2.75) is 29.9 Å². The van der Waals surface area contributed by atoms with Crippen molar-refractivity contribution >= 4 is 31.9 Å². The number of rotatable bonds is 2. The summed E-state index contributed by atoms with van der Waals surface area (Å²) in [6.07, 6.45) is 3.89. The Labute approximate surface area is 96.0 Å². The second-order valence-corrected chi connectivity index (χ2v) is 4.63. The summed E-state index contributed by atoms with van der Waals surface area (Å²) in [7, 11) is 0. The molecule has 1 aliphatic carbocycles. The molecule has 13 heavy (non-hydrogen) atoms. The van der Waals surface area contributed by atoms with Gasteiger partial charge >= 0.3 is 0 Å². The monoisotopic (exact) mass is 302 g/mol. The Morgan fingerprint density at radius 1 is 0.923 bits per heavy atom. The molecule has 0 unspecified atom stereocenters. The van der Waals surface area contributed by atoms with Gasteiger partial charge < -0.3 is 0 Å². The molecule has 0 atom stereocenters. The molecule has 0 nitrogen and oxygen atoms in total. The second kappa shape index (κ2) is 4.14. The largest absolute Gasteiger partial charge is 0.0876 e. The van der Waals surface area contributed by atoms with Gasteiger partial charge in [-0.25, -0.2) is 0 Å². The minimum atomic E-state index is 0.973. The van der Waals surface area contributed by atoms with Crippen LogP contribution in [0.2, 0.25) is 0 Å². The van der Waals surface area contributed by atoms with Crippen molar-refractivity contribution in [3.8, 4) is 0 Å². The highest BCUT2D eigenvalue weighted by molar-refractivity contribution is 9.09. The minimum absolute atomic E-state index is 0.973. The number of hydrogen-bond donors (Lipinski definition) is 0. The second-order valence-electron chi connectivity index (χ2n) is 3.51. The molecule has 0 heterocycles. The number of hydrogen-bond acceptors (Lipinski definition) is 0. The fraction of sp³-hybridized carbons (Fsp3) is 0.455. The number of fused-ring (bicyclic) bond motifs is 1. The molecule has 1 aromatic carbocycles. The summed E-state index contributed by atoms with van der Waals surface area (Å²) >= 11 is 7.07. The molecule has 0 radical (unpaired) electrons. The maximum atomic E-state index is 3.54. The standard InChI is InChI=1S/C11H12Br2/c12-6-10-4-8-2-1-3-9(8)5-11(10)7-13/h4-5H,1-3,6-7H2. The molecule has 0 saturated heterocycles. The molecule has 0 bridgehead atoms. The molecule has 1 aromatic rings. The smallest absolute Gasteiger partial charge is 0.0286 e. The molecule has 0 N–H and O–H groups in total. The Morgan fingerprint density at radius 2 is 1.38 bits per heavy atom. The van der Waals surface area contributed by atoms with Gasteiger partial charge in [0.2, 0.25) is 0 Å². The third-order valence-corrected chi connectivity index (χ3v) is 3.91. The summed E-state index contributed by atoms with van der Waals surface area (Å²) in [5, 5.41) is 1.95. The lowest BCUT2D eigenvalue weighted by Crippen LogP contribution is -1.92. The van der Waals surface area contributed by atoms with Crippen LogP contribution in [0.5, 0.6) is 0 Å². The first kappa shape index (κ1) is 9.72. The minimum Gasteiger partial charge on any atom is -0.0876 e. The van der Waals surface area contributed by atoms with Gasteiger partial charge in [-0.1, -0.05) is 44.0 Å². The first-order chi connectivity index (χ1) is 6.35. The van der Waals surface area contributed by atoms with E-state index in [0.29, 0.717) is 0 Å². The van der Waals surface area contributed by atoms with E-state index >= 15 is 0 Å². The lowest BCUT2D eigenvalue weighted by Gasteiger charge is -2.08.